The van der Waals surface area contributed by atoms with Gasteiger partial charge in [-0.05, 0) is 31.6 Å². The van der Waals surface area contributed by atoms with Gasteiger partial charge in [0.05, 0.1) is 6.04 Å². The Hall–Kier alpha value is -0.950. The summed E-state index contributed by atoms with van der Waals surface area (Å²) < 4.78 is 11.7. The first kappa shape index (κ1) is 27.1. The zero-order valence-electron chi connectivity index (χ0n) is 18.9. The minimum atomic E-state index is -4.37. The van der Waals surface area contributed by atoms with Gasteiger partial charge in [-0.15, -0.1) is 0 Å². The predicted octanol–water partition coefficient (Wildman–Crippen LogP) is 3.03. The van der Waals surface area contributed by atoms with E-state index < -0.39 is 25.5 Å². The van der Waals surface area contributed by atoms with Crippen molar-refractivity contribution in [2.24, 2.45) is 5.92 Å². The van der Waals surface area contributed by atoms with Gasteiger partial charge in [-0.1, -0.05) is 65.7 Å². The van der Waals surface area contributed by atoms with Crippen LogP contribution in [0.1, 0.15) is 91.4 Å². The molecule has 1 saturated heterocycles. The Morgan fingerprint density at radius 1 is 1.10 bits per heavy atom. The van der Waals surface area contributed by atoms with Gasteiger partial charge in [0.25, 0.3) is 0 Å². The molecule has 30 heavy (non-hydrogen) atoms. The molecule has 0 radical (unpaired) electrons. The van der Waals surface area contributed by atoms with E-state index in [-0.39, 0.29) is 24.2 Å². The maximum atomic E-state index is 13.0. The number of amides is 2. The van der Waals surface area contributed by atoms with Gasteiger partial charge in [-0.2, -0.15) is 0 Å². The second-order valence-corrected chi connectivity index (χ2v) is 10.6. The van der Waals surface area contributed by atoms with Crippen LogP contribution in [0.5, 0.6) is 0 Å². The average Bonchev–Trinajstić information content (AvgIpc) is 2.67. The van der Waals surface area contributed by atoms with E-state index in [0.29, 0.717) is 19.4 Å². The molecule has 8 nitrogen and oxygen atoms in total. The van der Waals surface area contributed by atoms with Crippen LogP contribution in [0.4, 0.5) is 0 Å². The summed E-state index contributed by atoms with van der Waals surface area (Å²) in [5.41, 5.74) is 0. The van der Waals surface area contributed by atoms with E-state index in [0.717, 1.165) is 32.1 Å². The fourth-order valence-corrected chi connectivity index (χ4v) is 4.67. The van der Waals surface area contributed by atoms with Gasteiger partial charge in [0.1, 0.15) is 11.8 Å². The predicted molar refractivity (Wildman–Crippen MR) is 119 cm³/mol. The summed E-state index contributed by atoms with van der Waals surface area (Å²) in [6.45, 7) is 6.18. The SMILES string of the molecule is CC[C@@H](N[C@@H](CC(C)C)C(=O)NC1CCCCCCCCCCNC1=O)P(=O)(O)O. The van der Waals surface area contributed by atoms with Crippen molar-refractivity contribution in [1.82, 2.24) is 16.0 Å². The molecule has 3 atom stereocenters. The average molecular weight is 448 g/mol. The monoisotopic (exact) mass is 447 g/mol. The van der Waals surface area contributed by atoms with Crippen LogP contribution >= 0.6 is 7.60 Å². The second-order valence-electron chi connectivity index (χ2n) is 8.83. The van der Waals surface area contributed by atoms with Crippen LogP contribution in [-0.4, -0.2) is 46.0 Å². The molecule has 1 fully saturated rings. The molecule has 0 aliphatic carbocycles. The minimum absolute atomic E-state index is 0.149. The van der Waals surface area contributed by atoms with E-state index >= 15 is 0 Å². The number of nitrogens with one attached hydrogen (secondary N) is 3. The molecule has 0 spiro atoms. The highest BCUT2D eigenvalue weighted by atomic mass is 31.2. The third kappa shape index (κ3) is 10.9. The third-order valence-corrected chi connectivity index (χ3v) is 6.89. The molecule has 1 unspecified atom stereocenters. The maximum absolute atomic E-state index is 13.0. The van der Waals surface area contributed by atoms with Crippen LogP contribution in [0, 0.1) is 5.92 Å². The lowest BCUT2D eigenvalue weighted by atomic mass is 10.0. The van der Waals surface area contributed by atoms with Crippen molar-refractivity contribution in [1.29, 1.82) is 0 Å². The number of hydrogen-bond donors (Lipinski definition) is 5. The van der Waals surface area contributed by atoms with Gasteiger partial charge in [0, 0.05) is 6.54 Å². The van der Waals surface area contributed by atoms with Gasteiger partial charge < -0.3 is 20.4 Å². The molecular formula is C21H42N3O5P. The molecule has 176 valence electrons. The van der Waals surface area contributed by atoms with Crippen molar-refractivity contribution >= 4 is 19.4 Å². The van der Waals surface area contributed by atoms with Crippen LogP contribution in [-0.2, 0) is 14.2 Å². The van der Waals surface area contributed by atoms with Crippen molar-refractivity contribution in [3.63, 3.8) is 0 Å². The summed E-state index contributed by atoms with van der Waals surface area (Å²) in [6.07, 6.45) is 9.90. The van der Waals surface area contributed by atoms with Crippen molar-refractivity contribution < 1.29 is 23.9 Å². The lowest BCUT2D eigenvalue weighted by molar-refractivity contribution is -0.130. The largest absolute Gasteiger partial charge is 0.354 e. The highest BCUT2D eigenvalue weighted by Gasteiger charge is 2.33. The molecule has 5 N–H and O–H groups in total. The van der Waals surface area contributed by atoms with Crippen LogP contribution in [0.2, 0.25) is 0 Å². The summed E-state index contributed by atoms with van der Waals surface area (Å²) in [6, 6.07) is -1.38. The minimum Gasteiger partial charge on any atom is -0.354 e. The third-order valence-electron chi connectivity index (χ3n) is 5.56. The molecule has 0 aromatic carbocycles. The molecule has 1 heterocycles. The lowest BCUT2D eigenvalue weighted by Gasteiger charge is -2.28. The summed E-state index contributed by atoms with van der Waals surface area (Å²) in [7, 11) is -4.37. The topological polar surface area (TPSA) is 128 Å². The van der Waals surface area contributed by atoms with Crippen LogP contribution in [0.15, 0.2) is 0 Å². The highest BCUT2D eigenvalue weighted by Crippen LogP contribution is 2.41. The van der Waals surface area contributed by atoms with Crippen molar-refractivity contribution in [3.8, 4) is 0 Å². The molecule has 0 saturated carbocycles. The van der Waals surface area contributed by atoms with Gasteiger partial charge in [0.2, 0.25) is 11.8 Å². The highest BCUT2D eigenvalue weighted by molar-refractivity contribution is 7.52. The normalized spacial score (nSPS) is 22.2. The Morgan fingerprint density at radius 3 is 2.20 bits per heavy atom. The number of carbonyl (C=O) groups is 2. The summed E-state index contributed by atoms with van der Waals surface area (Å²) >= 11 is 0. The Labute approximate surface area is 181 Å². The molecule has 1 rings (SSSR count). The number of rotatable bonds is 8. The molecule has 0 bridgehead atoms. The van der Waals surface area contributed by atoms with Crippen molar-refractivity contribution in [3.05, 3.63) is 0 Å². The van der Waals surface area contributed by atoms with Crippen molar-refractivity contribution in [2.75, 3.05) is 6.54 Å². The first-order valence-electron chi connectivity index (χ1n) is 11.5. The van der Waals surface area contributed by atoms with Crippen molar-refractivity contribution in [2.45, 2.75) is 109 Å². The standard InChI is InChI=1S/C21H42N3O5P/c1-4-19(30(27,28)29)23-18(15-16(2)3)21(26)24-17-13-11-9-7-5-6-8-10-12-14-22-20(17)25/h16-19,23H,4-15H2,1-3H3,(H,22,25)(H,24,26)(H2,27,28,29)/t17?,18-,19-/m0/s1. The molecule has 1 aliphatic heterocycles. The first-order chi connectivity index (χ1) is 14.1. The first-order valence-corrected chi connectivity index (χ1v) is 13.2. The van der Waals surface area contributed by atoms with E-state index in [1.165, 1.54) is 19.3 Å². The zero-order chi connectivity index (χ0) is 22.6. The Morgan fingerprint density at radius 2 is 1.67 bits per heavy atom. The Balaban J connectivity index is 2.84. The van der Waals surface area contributed by atoms with E-state index in [9.17, 15) is 23.9 Å². The molecule has 1 aliphatic rings. The Kier molecular flexibility index (Phi) is 12.8. The molecule has 0 aromatic heterocycles. The van der Waals surface area contributed by atoms with Gasteiger partial charge >= 0.3 is 7.60 Å². The number of hydrogen-bond acceptors (Lipinski definition) is 4. The quantitative estimate of drug-likeness (QED) is 0.364. The maximum Gasteiger partial charge on any atom is 0.342 e. The van der Waals surface area contributed by atoms with Gasteiger partial charge in [-0.25, -0.2) is 0 Å². The second kappa shape index (κ2) is 14.2. The van der Waals surface area contributed by atoms with Crippen LogP contribution in [0.3, 0.4) is 0 Å². The molecule has 2 amide bonds. The van der Waals surface area contributed by atoms with Gasteiger partial charge in [-0.3, -0.25) is 19.5 Å². The molecule has 9 heteroatoms. The number of carbonyl (C=O) groups excluding carboxylic acids is 2. The van der Waals surface area contributed by atoms with E-state index in [1.807, 2.05) is 13.8 Å². The fraction of sp³-hybridized carbons (Fsp3) is 0.905. The summed E-state index contributed by atoms with van der Waals surface area (Å²) in [4.78, 5) is 44.8. The summed E-state index contributed by atoms with van der Waals surface area (Å²) in [5.74, 6) is -1.48. The smallest absolute Gasteiger partial charge is 0.342 e. The summed E-state index contributed by atoms with van der Waals surface area (Å²) in [5, 5.41) is 8.64. The van der Waals surface area contributed by atoms with Gasteiger partial charge in [0.15, 0.2) is 0 Å². The van der Waals surface area contributed by atoms with Crippen LogP contribution < -0.4 is 16.0 Å². The molecular weight excluding hydrogens is 405 g/mol. The Bertz CT molecular complexity index is 567. The van der Waals surface area contributed by atoms with E-state index in [4.69, 9.17) is 0 Å². The van der Waals surface area contributed by atoms with E-state index in [2.05, 4.69) is 16.0 Å². The fourth-order valence-electron chi connectivity index (χ4n) is 3.82. The zero-order valence-corrected chi connectivity index (χ0v) is 19.8. The molecule has 0 aromatic rings. The van der Waals surface area contributed by atoms with Crippen LogP contribution in [0.25, 0.3) is 0 Å². The lowest BCUT2D eigenvalue weighted by Crippen LogP contribution is -2.54. The van der Waals surface area contributed by atoms with E-state index in [1.54, 1.807) is 6.92 Å².